The number of anilines is 1. The lowest BCUT2D eigenvalue weighted by Gasteiger charge is -2.21. The van der Waals surface area contributed by atoms with Crippen LogP contribution in [0.1, 0.15) is 16.7 Å². The van der Waals surface area contributed by atoms with Gasteiger partial charge in [0.1, 0.15) is 0 Å². The molecule has 0 aromatic heterocycles. The monoisotopic (exact) mass is 535 g/mol. The number of amides is 1. The van der Waals surface area contributed by atoms with Gasteiger partial charge in [0.25, 0.3) is 10.0 Å². The fraction of sp³-hybridized carbons (Fsp3) is 0.200. The van der Waals surface area contributed by atoms with Gasteiger partial charge in [-0.25, -0.2) is 13.8 Å². The second kappa shape index (κ2) is 11.3. The minimum Gasteiger partial charge on any atom is -0.493 e. The van der Waals surface area contributed by atoms with Crippen LogP contribution in [0.4, 0.5) is 18.9 Å². The van der Waals surface area contributed by atoms with Crippen LogP contribution in [-0.2, 0) is 27.4 Å². The molecule has 0 radical (unpaired) electrons. The van der Waals surface area contributed by atoms with E-state index in [2.05, 4.69) is 10.5 Å². The van der Waals surface area contributed by atoms with Gasteiger partial charge in [0, 0.05) is 12.6 Å². The predicted molar refractivity (Wildman–Crippen MR) is 132 cm³/mol. The lowest BCUT2D eigenvalue weighted by molar-refractivity contribution is -0.137. The first-order chi connectivity index (χ1) is 17.5. The molecule has 0 bridgehead atoms. The third-order valence-corrected chi connectivity index (χ3v) is 7.11. The van der Waals surface area contributed by atoms with Crippen LogP contribution < -0.4 is 19.2 Å². The zero-order valence-electron chi connectivity index (χ0n) is 20.1. The molecule has 0 saturated heterocycles. The molecule has 196 valence electrons. The Morgan fingerprint density at radius 3 is 2.27 bits per heavy atom. The molecule has 37 heavy (non-hydrogen) atoms. The number of sulfonamides is 1. The van der Waals surface area contributed by atoms with Crippen molar-refractivity contribution in [3.8, 4) is 11.5 Å². The minimum absolute atomic E-state index is 0.00153. The van der Waals surface area contributed by atoms with E-state index in [0.717, 1.165) is 16.4 Å². The van der Waals surface area contributed by atoms with Gasteiger partial charge in [0.15, 0.2) is 11.5 Å². The van der Waals surface area contributed by atoms with Crippen molar-refractivity contribution in [1.82, 2.24) is 5.43 Å². The Balaban J connectivity index is 1.74. The highest BCUT2D eigenvalue weighted by Crippen LogP contribution is 2.31. The van der Waals surface area contributed by atoms with E-state index in [9.17, 15) is 26.4 Å². The van der Waals surface area contributed by atoms with Gasteiger partial charge >= 0.3 is 6.18 Å². The van der Waals surface area contributed by atoms with E-state index in [1.807, 2.05) is 0 Å². The molecular weight excluding hydrogens is 511 g/mol. The lowest BCUT2D eigenvalue weighted by atomic mass is 10.1. The van der Waals surface area contributed by atoms with E-state index in [-0.39, 0.29) is 17.0 Å². The Morgan fingerprint density at radius 2 is 1.65 bits per heavy atom. The van der Waals surface area contributed by atoms with Crippen LogP contribution in [0.25, 0.3) is 0 Å². The second-order valence-corrected chi connectivity index (χ2v) is 9.68. The van der Waals surface area contributed by atoms with Crippen LogP contribution in [0.15, 0.2) is 76.7 Å². The number of hydrazone groups is 1. The third kappa shape index (κ3) is 6.58. The number of para-hydroxylation sites is 1. The number of carbonyl (C=O) groups excluding carboxylic acids is 1. The highest BCUT2D eigenvalue weighted by Gasteiger charge is 2.31. The van der Waals surface area contributed by atoms with Crippen LogP contribution in [0.3, 0.4) is 0 Å². The molecule has 1 amide bonds. The number of nitrogens with one attached hydrogen (secondary N) is 1. The number of alkyl halides is 3. The lowest BCUT2D eigenvalue weighted by Crippen LogP contribution is -2.27. The van der Waals surface area contributed by atoms with Crippen molar-refractivity contribution >= 4 is 27.8 Å². The Morgan fingerprint density at radius 1 is 1.00 bits per heavy atom. The quantitative estimate of drug-likeness (QED) is 0.327. The summed E-state index contributed by atoms with van der Waals surface area (Å²) >= 11 is 0. The van der Waals surface area contributed by atoms with Crippen molar-refractivity contribution in [2.75, 3.05) is 25.6 Å². The average molecular weight is 536 g/mol. The number of nitrogens with zero attached hydrogens (tertiary/aromatic N) is 2. The SMILES string of the molecule is COc1ccc(CC(=O)N/N=C/c2ccccc2N(C)S(=O)(=O)c2ccc(C(F)(F)F)cc2)cc1OC. The van der Waals surface area contributed by atoms with Gasteiger partial charge in [0.05, 0.1) is 43.0 Å². The molecule has 0 heterocycles. The molecule has 0 spiro atoms. The molecule has 0 saturated carbocycles. The van der Waals surface area contributed by atoms with Gasteiger partial charge in [-0.15, -0.1) is 0 Å². The number of halogens is 3. The summed E-state index contributed by atoms with van der Waals surface area (Å²) in [4.78, 5) is 12.0. The standard InChI is InChI=1S/C25H24F3N3O5S/c1-31(37(33,34)20-11-9-19(10-12-20)25(26,27)28)21-7-5-4-6-18(21)16-29-30-24(32)15-17-8-13-22(35-2)23(14-17)36-3/h4-14,16H,15H2,1-3H3,(H,30,32)/b29-16+. The topological polar surface area (TPSA) is 97.3 Å². The summed E-state index contributed by atoms with van der Waals surface area (Å²) in [6, 6.07) is 14.6. The number of methoxy groups -OCH3 is 2. The summed E-state index contributed by atoms with van der Waals surface area (Å²) < 4.78 is 75.9. The summed E-state index contributed by atoms with van der Waals surface area (Å²) in [7, 11) is 0.0841. The number of ether oxygens (including phenoxy) is 2. The van der Waals surface area contributed by atoms with Crippen LogP contribution in [0.5, 0.6) is 11.5 Å². The molecular formula is C25H24F3N3O5S. The maximum absolute atomic E-state index is 13.0. The number of hydrogen-bond donors (Lipinski definition) is 1. The first-order valence-corrected chi connectivity index (χ1v) is 12.2. The fourth-order valence-electron chi connectivity index (χ4n) is 3.38. The van der Waals surface area contributed by atoms with Crippen LogP contribution in [-0.4, -0.2) is 41.8 Å². The van der Waals surface area contributed by atoms with E-state index < -0.39 is 27.7 Å². The first-order valence-electron chi connectivity index (χ1n) is 10.8. The van der Waals surface area contributed by atoms with Crippen molar-refractivity contribution in [2.45, 2.75) is 17.5 Å². The van der Waals surface area contributed by atoms with Gasteiger partial charge in [0.2, 0.25) is 5.91 Å². The third-order valence-electron chi connectivity index (χ3n) is 5.32. The molecule has 1 N–H and O–H groups in total. The van der Waals surface area contributed by atoms with Gasteiger partial charge in [-0.3, -0.25) is 9.10 Å². The second-order valence-electron chi connectivity index (χ2n) is 7.71. The smallest absolute Gasteiger partial charge is 0.416 e. The number of benzene rings is 3. The molecule has 0 fully saturated rings. The molecule has 0 unspecified atom stereocenters. The van der Waals surface area contributed by atoms with Crippen LogP contribution >= 0.6 is 0 Å². The van der Waals surface area contributed by atoms with Crippen molar-refractivity contribution in [3.05, 3.63) is 83.4 Å². The first kappa shape index (κ1) is 27.5. The number of rotatable bonds is 9. The largest absolute Gasteiger partial charge is 0.493 e. The summed E-state index contributed by atoms with van der Waals surface area (Å²) in [6.45, 7) is 0. The van der Waals surface area contributed by atoms with Crippen molar-refractivity contribution in [3.63, 3.8) is 0 Å². The van der Waals surface area contributed by atoms with E-state index in [1.165, 1.54) is 33.5 Å². The fourth-order valence-corrected chi connectivity index (χ4v) is 4.60. The van der Waals surface area contributed by atoms with E-state index >= 15 is 0 Å². The molecule has 0 aliphatic rings. The summed E-state index contributed by atoms with van der Waals surface area (Å²) in [5.41, 5.74) is 2.66. The molecule has 0 atom stereocenters. The molecule has 3 aromatic rings. The van der Waals surface area contributed by atoms with Crippen LogP contribution in [0.2, 0.25) is 0 Å². The van der Waals surface area contributed by atoms with Gasteiger partial charge in [-0.05, 0) is 48.0 Å². The van der Waals surface area contributed by atoms with Gasteiger partial charge < -0.3 is 9.47 Å². The summed E-state index contributed by atoms with van der Waals surface area (Å²) in [6.07, 6.45) is -3.30. The Labute approximate surface area is 212 Å². The van der Waals surface area contributed by atoms with Crippen molar-refractivity contribution in [2.24, 2.45) is 5.10 Å². The maximum Gasteiger partial charge on any atom is 0.416 e. The zero-order chi connectivity index (χ0) is 27.2. The highest BCUT2D eigenvalue weighted by molar-refractivity contribution is 7.92. The van der Waals surface area contributed by atoms with Gasteiger partial charge in [-0.2, -0.15) is 18.3 Å². The molecule has 3 aromatic carbocycles. The molecule has 3 rings (SSSR count). The van der Waals surface area contributed by atoms with Crippen LogP contribution in [0, 0.1) is 0 Å². The zero-order valence-corrected chi connectivity index (χ0v) is 20.9. The van der Waals surface area contributed by atoms with E-state index in [4.69, 9.17) is 9.47 Å². The Hall–Kier alpha value is -4.06. The maximum atomic E-state index is 13.0. The predicted octanol–water partition coefficient (Wildman–Crippen LogP) is 4.24. The summed E-state index contributed by atoms with van der Waals surface area (Å²) in [5, 5.41) is 3.92. The number of hydrogen-bond acceptors (Lipinski definition) is 6. The molecule has 0 aliphatic heterocycles. The van der Waals surface area contributed by atoms with E-state index in [1.54, 1.807) is 36.4 Å². The average Bonchev–Trinajstić information content (AvgIpc) is 2.88. The highest BCUT2D eigenvalue weighted by atomic mass is 32.2. The van der Waals surface area contributed by atoms with E-state index in [0.29, 0.717) is 34.8 Å². The normalized spacial score (nSPS) is 11.8. The molecule has 0 aliphatic carbocycles. The van der Waals surface area contributed by atoms with Crippen molar-refractivity contribution < 1.29 is 35.9 Å². The number of carbonyl (C=O) groups is 1. The summed E-state index contributed by atoms with van der Waals surface area (Å²) in [5.74, 6) is 0.575. The molecule has 8 nitrogen and oxygen atoms in total. The Kier molecular flexibility index (Phi) is 8.43. The molecule has 12 heteroatoms. The van der Waals surface area contributed by atoms with Crippen molar-refractivity contribution in [1.29, 1.82) is 0 Å². The van der Waals surface area contributed by atoms with Gasteiger partial charge in [-0.1, -0.05) is 24.3 Å². The minimum atomic E-state index is -4.58. The Bertz CT molecular complexity index is 1390.